The molecule has 0 spiro atoms. The first-order chi connectivity index (χ1) is 17.4. The molecule has 2 aromatic carbocycles. The third-order valence-electron chi connectivity index (χ3n) is 5.87. The van der Waals surface area contributed by atoms with Crippen LogP contribution in [0.4, 0.5) is 5.69 Å². The number of benzene rings is 2. The zero-order chi connectivity index (χ0) is 25.7. The number of hydrogen-bond donors (Lipinski definition) is 1. The van der Waals surface area contributed by atoms with E-state index in [2.05, 4.69) is 20.6 Å². The van der Waals surface area contributed by atoms with Crippen molar-refractivity contribution in [2.24, 2.45) is 0 Å². The Labute approximate surface area is 205 Å². The molecule has 2 heterocycles. The second-order valence-electron chi connectivity index (χ2n) is 8.15. The lowest BCUT2D eigenvalue weighted by Gasteiger charge is -2.15. The third-order valence-corrected chi connectivity index (χ3v) is 5.87. The molecule has 184 valence electrons. The van der Waals surface area contributed by atoms with Gasteiger partial charge in [0, 0.05) is 29.0 Å². The minimum absolute atomic E-state index is 0.0103. The number of methoxy groups -OCH3 is 1. The van der Waals surface area contributed by atoms with Crippen LogP contribution in [0.25, 0.3) is 22.5 Å². The van der Waals surface area contributed by atoms with Crippen LogP contribution >= 0.6 is 0 Å². The van der Waals surface area contributed by atoms with E-state index in [0.29, 0.717) is 40.2 Å². The van der Waals surface area contributed by atoms with Crippen molar-refractivity contribution < 1.29 is 14.5 Å². The van der Waals surface area contributed by atoms with Gasteiger partial charge in [0.2, 0.25) is 0 Å². The topological polar surface area (TPSA) is 146 Å². The number of nitrogens with zero attached hydrogens (tertiary/aromatic N) is 5. The van der Waals surface area contributed by atoms with Crippen LogP contribution in [0.15, 0.2) is 59.4 Å². The largest absolute Gasteiger partial charge is 0.465 e. The number of aromatic amines is 1. The third kappa shape index (κ3) is 5.04. The molecule has 4 aromatic rings. The highest BCUT2D eigenvalue weighted by atomic mass is 16.6. The van der Waals surface area contributed by atoms with Crippen LogP contribution in [0, 0.1) is 10.1 Å². The number of nitrogens with one attached hydrogen (secondary N) is 1. The molecule has 0 radical (unpaired) electrons. The van der Waals surface area contributed by atoms with Crippen LogP contribution in [-0.4, -0.2) is 43.2 Å². The summed E-state index contributed by atoms with van der Waals surface area (Å²) < 4.78 is 6.23. The molecule has 0 aliphatic rings. The van der Waals surface area contributed by atoms with Crippen molar-refractivity contribution in [2.75, 3.05) is 7.11 Å². The molecule has 2 aromatic heterocycles. The van der Waals surface area contributed by atoms with Crippen LogP contribution in [0.2, 0.25) is 0 Å². The lowest BCUT2D eigenvalue weighted by atomic mass is 9.97. The Kier molecular flexibility index (Phi) is 7.28. The SMILES string of the molecule is CCCCc1cc(C(=O)OC)cc(=O)n1Cc1ccc(-c2ccccc2-c2nnn[nH]2)cc1[N+](=O)[O-]. The summed E-state index contributed by atoms with van der Waals surface area (Å²) >= 11 is 0. The van der Waals surface area contributed by atoms with E-state index in [1.165, 1.54) is 23.8 Å². The van der Waals surface area contributed by atoms with Crippen LogP contribution < -0.4 is 5.56 Å². The van der Waals surface area contributed by atoms with Gasteiger partial charge in [-0.3, -0.25) is 14.9 Å². The van der Waals surface area contributed by atoms with E-state index < -0.39 is 16.5 Å². The molecule has 0 atom stereocenters. The number of unbranched alkanes of at least 4 members (excludes halogenated alkanes) is 1. The second-order valence-corrected chi connectivity index (χ2v) is 8.15. The van der Waals surface area contributed by atoms with Gasteiger partial charge in [-0.2, -0.15) is 0 Å². The van der Waals surface area contributed by atoms with Crippen molar-refractivity contribution in [1.82, 2.24) is 25.2 Å². The average molecular weight is 489 g/mol. The predicted octanol–water partition coefficient (Wildman–Crippen LogP) is 3.78. The summed E-state index contributed by atoms with van der Waals surface area (Å²) in [6, 6.07) is 15.0. The van der Waals surface area contributed by atoms with Crippen molar-refractivity contribution in [3.8, 4) is 22.5 Å². The van der Waals surface area contributed by atoms with Crippen molar-refractivity contribution in [3.63, 3.8) is 0 Å². The highest BCUT2D eigenvalue weighted by Crippen LogP contribution is 2.33. The molecule has 36 heavy (non-hydrogen) atoms. The molecule has 0 unspecified atom stereocenters. The van der Waals surface area contributed by atoms with Crippen LogP contribution in [0.1, 0.15) is 41.4 Å². The number of nitro groups is 1. The molecule has 0 aliphatic heterocycles. The van der Waals surface area contributed by atoms with E-state index in [-0.39, 0.29) is 17.8 Å². The van der Waals surface area contributed by atoms with Gasteiger partial charge in [-0.05, 0) is 46.5 Å². The van der Waals surface area contributed by atoms with Gasteiger partial charge in [-0.1, -0.05) is 43.7 Å². The van der Waals surface area contributed by atoms with E-state index in [1.807, 2.05) is 31.2 Å². The van der Waals surface area contributed by atoms with E-state index >= 15 is 0 Å². The predicted molar refractivity (Wildman–Crippen MR) is 131 cm³/mol. The highest BCUT2D eigenvalue weighted by molar-refractivity contribution is 5.89. The minimum atomic E-state index is -0.604. The summed E-state index contributed by atoms with van der Waals surface area (Å²) in [6.45, 7) is 2.01. The van der Waals surface area contributed by atoms with Gasteiger partial charge in [0.25, 0.3) is 11.2 Å². The maximum Gasteiger partial charge on any atom is 0.338 e. The van der Waals surface area contributed by atoms with Gasteiger partial charge in [-0.25, -0.2) is 9.89 Å². The molecule has 1 N–H and O–H groups in total. The average Bonchev–Trinajstić information content (AvgIpc) is 3.43. The lowest BCUT2D eigenvalue weighted by Crippen LogP contribution is -2.26. The number of esters is 1. The van der Waals surface area contributed by atoms with Crippen LogP contribution in [0.3, 0.4) is 0 Å². The van der Waals surface area contributed by atoms with Crippen molar-refractivity contribution in [2.45, 2.75) is 32.7 Å². The summed E-state index contributed by atoms with van der Waals surface area (Å²) in [4.78, 5) is 36.6. The van der Waals surface area contributed by atoms with Gasteiger partial charge < -0.3 is 9.30 Å². The molecule has 11 nitrogen and oxygen atoms in total. The maximum absolute atomic E-state index is 13.0. The van der Waals surface area contributed by atoms with E-state index in [4.69, 9.17) is 4.74 Å². The molecule has 4 rings (SSSR count). The van der Waals surface area contributed by atoms with Crippen molar-refractivity contribution in [1.29, 1.82) is 0 Å². The monoisotopic (exact) mass is 488 g/mol. The van der Waals surface area contributed by atoms with E-state index in [1.54, 1.807) is 18.2 Å². The normalized spacial score (nSPS) is 10.8. The highest BCUT2D eigenvalue weighted by Gasteiger charge is 2.20. The first-order valence-electron chi connectivity index (χ1n) is 11.4. The molecule has 0 amide bonds. The number of carbonyl (C=O) groups excluding carboxylic acids is 1. The number of aryl methyl sites for hydroxylation is 1. The Morgan fingerprint density at radius 2 is 1.92 bits per heavy atom. The number of tetrazole rings is 1. The number of H-pyrrole nitrogens is 1. The van der Waals surface area contributed by atoms with Crippen LogP contribution in [0.5, 0.6) is 0 Å². The molecule has 0 aliphatic carbocycles. The van der Waals surface area contributed by atoms with Crippen molar-refractivity contribution >= 4 is 11.7 Å². The molecule has 0 saturated heterocycles. The van der Waals surface area contributed by atoms with Crippen molar-refractivity contribution in [3.05, 3.63) is 91.9 Å². The number of rotatable bonds is 9. The fraction of sp³-hybridized carbons (Fsp3) is 0.240. The molecule has 0 fully saturated rings. The molecular weight excluding hydrogens is 464 g/mol. The second kappa shape index (κ2) is 10.7. The number of pyridine rings is 1. The van der Waals surface area contributed by atoms with Gasteiger partial charge >= 0.3 is 5.97 Å². The quantitative estimate of drug-likeness (QED) is 0.213. The van der Waals surface area contributed by atoms with Gasteiger partial charge in [-0.15, -0.1) is 5.10 Å². The molecular formula is C25H24N6O5. The number of carbonyl (C=O) groups is 1. The fourth-order valence-corrected chi connectivity index (χ4v) is 4.05. The molecule has 0 saturated carbocycles. The summed E-state index contributed by atoms with van der Waals surface area (Å²) in [5.74, 6) is -0.164. The van der Waals surface area contributed by atoms with Gasteiger partial charge in [0.1, 0.15) is 0 Å². The number of ether oxygens (including phenoxy) is 1. The first kappa shape index (κ1) is 24.5. The Morgan fingerprint density at radius 1 is 1.14 bits per heavy atom. The van der Waals surface area contributed by atoms with Gasteiger partial charge in [0.05, 0.1) is 24.1 Å². The Hall–Kier alpha value is -4.67. The standard InChI is InChI=1S/C25H24N6O5/c1-3-4-7-19-12-18(25(33)36-2)14-23(32)30(19)15-17-11-10-16(13-22(17)31(34)35)20-8-5-6-9-21(20)24-26-28-29-27-24/h5-6,8-14H,3-4,7,15H2,1-2H3,(H,26,27,28,29). The Balaban J connectivity index is 1.78. The number of aromatic nitrogens is 5. The van der Waals surface area contributed by atoms with Crippen LogP contribution in [-0.2, 0) is 17.7 Å². The zero-order valence-corrected chi connectivity index (χ0v) is 19.8. The number of hydrogen-bond acceptors (Lipinski definition) is 8. The van der Waals surface area contributed by atoms with E-state index in [9.17, 15) is 19.7 Å². The lowest BCUT2D eigenvalue weighted by molar-refractivity contribution is -0.385. The fourth-order valence-electron chi connectivity index (χ4n) is 4.05. The first-order valence-corrected chi connectivity index (χ1v) is 11.4. The maximum atomic E-state index is 13.0. The van der Waals surface area contributed by atoms with Gasteiger partial charge in [0.15, 0.2) is 5.82 Å². The summed E-state index contributed by atoms with van der Waals surface area (Å²) in [7, 11) is 1.25. The smallest absolute Gasteiger partial charge is 0.338 e. The van der Waals surface area contributed by atoms with E-state index in [0.717, 1.165) is 12.8 Å². The Morgan fingerprint density at radius 3 is 2.58 bits per heavy atom. The number of nitro benzene ring substituents is 1. The molecule has 11 heteroatoms. The molecule has 0 bridgehead atoms. The summed E-state index contributed by atoms with van der Waals surface area (Å²) in [5, 5.41) is 25.9. The Bertz CT molecular complexity index is 1460. The summed E-state index contributed by atoms with van der Waals surface area (Å²) in [6.07, 6.45) is 2.21. The zero-order valence-electron chi connectivity index (χ0n) is 19.8. The summed E-state index contributed by atoms with van der Waals surface area (Å²) in [5.41, 5.74) is 2.62. The minimum Gasteiger partial charge on any atom is -0.465 e.